The lowest BCUT2D eigenvalue weighted by Crippen LogP contribution is -2.76. The zero-order valence-corrected chi connectivity index (χ0v) is 28.2. The number of aromatic hydroxyl groups is 1. The van der Waals surface area contributed by atoms with Gasteiger partial charge in [-0.3, -0.25) is 24.0 Å². The third-order valence-electron chi connectivity index (χ3n) is 10.8. The highest BCUT2D eigenvalue weighted by atomic mass is 16.3. The summed E-state index contributed by atoms with van der Waals surface area (Å²) in [6.45, 7) is 18.8. The molecule has 2 N–H and O–H groups in total. The fraction of sp³-hybridized carbons (Fsp3) is 0.513. The summed E-state index contributed by atoms with van der Waals surface area (Å²) in [7, 11) is 0. The number of fused-ring (bicyclic) bond motifs is 3. The maximum absolute atomic E-state index is 14.5. The first-order valence-corrected chi connectivity index (χ1v) is 16.2. The van der Waals surface area contributed by atoms with Crippen molar-refractivity contribution < 1.29 is 34.2 Å². The van der Waals surface area contributed by atoms with E-state index < -0.39 is 69.0 Å². The fourth-order valence-corrected chi connectivity index (χ4v) is 9.31. The normalized spacial score (nSPS) is 31.0. The molecule has 0 bridgehead atoms. The van der Waals surface area contributed by atoms with Crippen molar-refractivity contribution in [1.29, 1.82) is 0 Å². The lowest BCUT2D eigenvalue weighted by atomic mass is 9.40. The van der Waals surface area contributed by atoms with E-state index in [1.54, 1.807) is 33.8 Å². The van der Waals surface area contributed by atoms with Crippen molar-refractivity contribution in [2.75, 3.05) is 0 Å². The number of Topliss-reactive ketones (excluding diaryl/α,β-unsaturated/α-hetero) is 5. The molecular formula is C39H46O7. The van der Waals surface area contributed by atoms with Gasteiger partial charge in [-0.15, -0.1) is 0 Å². The Morgan fingerprint density at radius 2 is 1.61 bits per heavy atom. The molecule has 2 aromatic carbocycles. The molecule has 3 aliphatic rings. The molecule has 7 nitrogen and oxygen atoms in total. The fourth-order valence-electron chi connectivity index (χ4n) is 9.31. The van der Waals surface area contributed by atoms with Gasteiger partial charge in [-0.05, 0) is 77.7 Å². The lowest BCUT2D eigenvalue weighted by Gasteiger charge is -2.61. The third kappa shape index (κ3) is 4.93. The summed E-state index contributed by atoms with van der Waals surface area (Å²) in [6.07, 6.45) is 1.87. The van der Waals surface area contributed by atoms with Gasteiger partial charge in [-0.25, -0.2) is 0 Å². The third-order valence-corrected chi connectivity index (χ3v) is 10.8. The molecule has 46 heavy (non-hydrogen) atoms. The molecule has 2 saturated carbocycles. The monoisotopic (exact) mass is 626 g/mol. The first-order valence-electron chi connectivity index (χ1n) is 16.2. The minimum Gasteiger partial charge on any atom is -0.507 e. The van der Waals surface area contributed by atoms with Crippen molar-refractivity contribution in [2.24, 2.45) is 39.9 Å². The number of phenolic OH excluding ortho intramolecular Hbond substituents is 1. The summed E-state index contributed by atoms with van der Waals surface area (Å²) in [6, 6.07) is 11.2. The van der Waals surface area contributed by atoms with Gasteiger partial charge in [0.05, 0.1) is 11.5 Å². The van der Waals surface area contributed by atoms with Crippen LogP contribution in [0.5, 0.6) is 5.75 Å². The molecular weight excluding hydrogens is 580 g/mol. The van der Waals surface area contributed by atoms with Crippen LogP contribution in [0, 0.1) is 39.9 Å². The minimum atomic E-state index is -2.70. The van der Waals surface area contributed by atoms with Crippen molar-refractivity contribution in [3.05, 3.63) is 65.2 Å². The molecule has 5 rings (SSSR count). The second-order valence-corrected chi connectivity index (χ2v) is 16.2. The number of phenols is 1. The SMILES string of the molecule is C=C(Cc1ccc(-c2ccc(O)c3c2C[C@]2(C)C[C@]4(C)C(C(C)C)C(=O)C(C(C)=O)C(=O)[C@]4(O)C(=O)C2C3=O)cc1)CC(C)(C)C. The predicted molar refractivity (Wildman–Crippen MR) is 175 cm³/mol. The van der Waals surface area contributed by atoms with Gasteiger partial charge in [-0.1, -0.05) is 91.0 Å². The Morgan fingerprint density at radius 3 is 2.15 bits per heavy atom. The molecule has 7 heteroatoms. The first kappa shape index (κ1) is 33.6. The van der Waals surface area contributed by atoms with E-state index in [4.69, 9.17) is 0 Å². The van der Waals surface area contributed by atoms with Gasteiger partial charge >= 0.3 is 0 Å². The van der Waals surface area contributed by atoms with Crippen molar-refractivity contribution >= 4 is 28.9 Å². The molecule has 0 saturated heterocycles. The van der Waals surface area contributed by atoms with Crippen LogP contribution in [0.25, 0.3) is 11.1 Å². The molecule has 0 spiro atoms. The summed E-state index contributed by atoms with van der Waals surface area (Å²) < 4.78 is 0. The molecule has 0 amide bonds. The second-order valence-electron chi connectivity index (χ2n) is 16.2. The standard InChI is InChI=1S/C39H46O7/c1-20(2)30-32(42)28(22(4)40)34(44)39(46)35(45)31-33(43)29-26(18-37(31,8)19-38(30,39)9)25(14-15-27(29)41)24-12-10-23(11-13-24)16-21(3)17-36(5,6)7/h10-15,20,28,30-31,41,46H,3,16-19H2,1-2,4-9H3/t28?,30?,31?,37-,38-,39+/m1/s1. The van der Waals surface area contributed by atoms with Crippen LogP contribution in [0.3, 0.4) is 0 Å². The summed E-state index contributed by atoms with van der Waals surface area (Å²) in [5, 5.41) is 23.2. The van der Waals surface area contributed by atoms with Gasteiger partial charge in [0, 0.05) is 11.3 Å². The molecule has 3 unspecified atom stereocenters. The average molecular weight is 627 g/mol. The molecule has 0 heterocycles. The average Bonchev–Trinajstić information content (AvgIpc) is 2.90. The second kappa shape index (κ2) is 10.9. The number of carbonyl (C=O) groups is 5. The number of allylic oxidation sites excluding steroid dienone is 1. The summed E-state index contributed by atoms with van der Waals surface area (Å²) in [4.78, 5) is 68.9. The maximum atomic E-state index is 14.5. The van der Waals surface area contributed by atoms with Crippen LogP contribution < -0.4 is 0 Å². The van der Waals surface area contributed by atoms with Gasteiger partial charge in [0.1, 0.15) is 17.5 Å². The number of ketones is 5. The molecule has 0 aliphatic heterocycles. The molecule has 3 aliphatic carbocycles. The Balaban J connectivity index is 1.60. The van der Waals surface area contributed by atoms with Crippen LogP contribution in [0.1, 0.15) is 89.7 Å². The van der Waals surface area contributed by atoms with Crippen LogP contribution in [0.2, 0.25) is 0 Å². The van der Waals surface area contributed by atoms with E-state index in [9.17, 15) is 34.2 Å². The highest BCUT2D eigenvalue weighted by Gasteiger charge is 2.76. The number of rotatable bonds is 6. The van der Waals surface area contributed by atoms with E-state index in [2.05, 4.69) is 27.4 Å². The number of hydrogen-bond acceptors (Lipinski definition) is 7. The first-order chi connectivity index (χ1) is 21.2. The quantitative estimate of drug-likeness (QED) is 0.285. The zero-order chi connectivity index (χ0) is 34.3. The van der Waals surface area contributed by atoms with Gasteiger partial charge in [0.15, 0.2) is 28.7 Å². The van der Waals surface area contributed by atoms with E-state index in [-0.39, 0.29) is 29.6 Å². The highest BCUT2D eigenvalue weighted by Crippen LogP contribution is 2.64. The lowest BCUT2D eigenvalue weighted by molar-refractivity contribution is -0.205. The molecule has 2 fully saturated rings. The van der Waals surface area contributed by atoms with Crippen LogP contribution >= 0.6 is 0 Å². The number of carbonyl (C=O) groups excluding carboxylic acids is 5. The van der Waals surface area contributed by atoms with E-state index >= 15 is 0 Å². The molecule has 0 radical (unpaired) electrons. The van der Waals surface area contributed by atoms with Gasteiger partial charge in [0.2, 0.25) is 0 Å². The van der Waals surface area contributed by atoms with Crippen molar-refractivity contribution in [3.8, 4) is 16.9 Å². The van der Waals surface area contributed by atoms with Crippen LogP contribution in [-0.2, 0) is 32.0 Å². The minimum absolute atomic E-state index is 0.00558. The van der Waals surface area contributed by atoms with Gasteiger partial charge in [0.25, 0.3) is 0 Å². The number of benzene rings is 2. The van der Waals surface area contributed by atoms with Gasteiger partial charge < -0.3 is 10.2 Å². The van der Waals surface area contributed by atoms with Crippen LogP contribution in [0.4, 0.5) is 0 Å². The molecule has 244 valence electrons. The van der Waals surface area contributed by atoms with E-state index in [1.807, 2.05) is 24.3 Å². The molecule has 6 atom stereocenters. The van der Waals surface area contributed by atoms with Crippen LogP contribution in [-0.4, -0.2) is 44.7 Å². The molecule has 0 aromatic heterocycles. The Kier molecular flexibility index (Phi) is 8.00. The molecule has 2 aromatic rings. The number of hydrogen-bond donors (Lipinski definition) is 2. The Bertz CT molecular complexity index is 1690. The Morgan fingerprint density at radius 1 is 1.00 bits per heavy atom. The summed E-state index contributed by atoms with van der Waals surface area (Å²) >= 11 is 0. The number of aliphatic hydroxyl groups is 1. The van der Waals surface area contributed by atoms with Gasteiger partial charge in [-0.2, -0.15) is 0 Å². The van der Waals surface area contributed by atoms with Crippen molar-refractivity contribution in [2.45, 2.75) is 86.7 Å². The van der Waals surface area contributed by atoms with Crippen LogP contribution in [0.15, 0.2) is 48.6 Å². The maximum Gasteiger partial charge on any atom is 0.190 e. The van der Waals surface area contributed by atoms with Crippen molar-refractivity contribution in [1.82, 2.24) is 0 Å². The highest BCUT2D eigenvalue weighted by molar-refractivity contribution is 6.32. The smallest absolute Gasteiger partial charge is 0.190 e. The topological polar surface area (TPSA) is 126 Å². The Hall–Kier alpha value is -3.71. The van der Waals surface area contributed by atoms with Crippen molar-refractivity contribution in [3.63, 3.8) is 0 Å². The Labute approximate surface area is 271 Å². The predicted octanol–water partition coefficient (Wildman–Crippen LogP) is 6.29. The van der Waals surface area contributed by atoms with E-state index in [1.165, 1.54) is 6.07 Å². The summed E-state index contributed by atoms with van der Waals surface area (Å²) in [5.74, 6) is -8.94. The van der Waals surface area contributed by atoms with E-state index in [0.29, 0.717) is 5.56 Å². The zero-order valence-electron chi connectivity index (χ0n) is 28.2. The summed E-state index contributed by atoms with van der Waals surface area (Å²) in [5.41, 5.74) is -0.771. The van der Waals surface area contributed by atoms with E-state index in [0.717, 1.165) is 42.0 Å². The largest absolute Gasteiger partial charge is 0.507 e.